The van der Waals surface area contributed by atoms with Gasteiger partial charge in [-0.15, -0.1) is 0 Å². The third kappa shape index (κ3) is 5.58. The van der Waals surface area contributed by atoms with Crippen LogP contribution in [0.1, 0.15) is 66.6 Å². The molecule has 36 heavy (non-hydrogen) atoms. The molecule has 2 aromatic carbocycles. The number of likely N-dealkylation sites (tertiary alicyclic amines) is 1. The first-order valence-corrected chi connectivity index (χ1v) is 11.9. The Morgan fingerprint density at radius 1 is 1.14 bits per heavy atom. The Bertz CT molecular complexity index is 1200. The van der Waals surface area contributed by atoms with E-state index in [9.17, 15) is 22.8 Å². The van der Waals surface area contributed by atoms with Crippen molar-refractivity contribution in [3.8, 4) is 0 Å². The lowest BCUT2D eigenvalue weighted by molar-refractivity contribution is -0.138. The van der Waals surface area contributed by atoms with E-state index in [0.717, 1.165) is 6.07 Å². The Morgan fingerprint density at radius 3 is 2.53 bits per heavy atom. The molecule has 0 bridgehead atoms. The van der Waals surface area contributed by atoms with Gasteiger partial charge in [-0.2, -0.15) is 28.6 Å². The summed E-state index contributed by atoms with van der Waals surface area (Å²) in [5.74, 6) is -0.974. The summed E-state index contributed by atoms with van der Waals surface area (Å²) >= 11 is 0. The largest absolute Gasteiger partial charge is 0.416 e. The molecule has 0 saturated carbocycles. The number of nitrogens with zero attached hydrogens (tertiary/aromatic N) is 3. The zero-order valence-corrected chi connectivity index (χ0v) is 20.0. The molecule has 2 heterocycles. The highest BCUT2D eigenvalue weighted by Gasteiger charge is 2.37. The van der Waals surface area contributed by atoms with E-state index < -0.39 is 29.7 Å². The van der Waals surface area contributed by atoms with Gasteiger partial charge in [0.05, 0.1) is 29.9 Å². The van der Waals surface area contributed by atoms with Crippen molar-refractivity contribution in [3.05, 3.63) is 82.7 Å². The van der Waals surface area contributed by atoms with Crippen molar-refractivity contribution in [3.63, 3.8) is 0 Å². The number of halogens is 3. The molecule has 4 rings (SSSR count). The molecular weight excluding hydrogens is 471 g/mol. The van der Waals surface area contributed by atoms with Gasteiger partial charge in [-0.1, -0.05) is 56.3 Å². The Balaban J connectivity index is 1.63. The average molecular weight is 500 g/mol. The maximum absolute atomic E-state index is 13.9. The van der Waals surface area contributed by atoms with Gasteiger partial charge in [-0.05, 0) is 41.5 Å². The van der Waals surface area contributed by atoms with Crippen molar-refractivity contribution in [1.82, 2.24) is 25.6 Å². The van der Waals surface area contributed by atoms with E-state index in [1.54, 1.807) is 50.2 Å². The van der Waals surface area contributed by atoms with E-state index in [1.807, 2.05) is 0 Å². The van der Waals surface area contributed by atoms with Crippen LogP contribution in [0.4, 0.5) is 13.2 Å². The summed E-state index contributed by atoms with van der Waals surface area (Å²) in [7, 11) is 0. The summed E-state index contributed by atoms with van der Waals surface area (Å²) in [6.45, 7) is 3.85. The minimum Gasteiger partial charge on any atom is -0.343 e. The molecule has 10 heteroatoms. The van der Waals surface area contributed by atoms with E-state index in [-0.39, 0.29) is 23.8 Å². The number of alkyl halides is 3. The Labute approximate surface area is 207 Å². The molecule has 0 spiro atoms. The summed E-state index contributed by atoms with van der Waals surface area (Å²) in [4.78, 5) is 27.8. The van der Waals surface area contributed by atoms with Crippen LogP contribution >= 0.6 is 0 Å². The molecule has 0 radical (unpaired) electrons. The molecule has 190 valence electrons. The molecule has 3 aromatic rings. The van der Waals surface area contributed by atoms with Crippen LogP contribution in [0, 0.1) is 0 Å². The molecule has 0 aliphatic carbocycles. The minimum absolute atomic E-state index is 0.00794. The van der Waals surface area contributed by atoms with Crippen molar-refractivity contribution < 1.29 is 22.8 Å². The molecule has 2 atom stereocenters. The van der Waals surface area contributed by atoms with Gasteiger partial charge >= 0.3 is 6.18 Å². The fourth-order valence-electron chi connectivity index (χ4n) is 4.65. The Hall–Kier alpha value is -3.69. The highest BCUT2D eigenvalue weighted by atomic mass is 19.4. The van der Waals surface area contributed by atoms with Gasteiger partial charge in [-0.25, -0.2) is 0 Å². The summed E-state index contributed by atoms with van der Waals surface area (Å²) in [6.07, 6.45) is -1.95. The number of amides is 2. The molecule has 1 aliphatic rings. The van der Waals surface area contributed by atoms with Gasteiger partial charge in [0.25, 0.3) is 0 Å². The van der Waals surface area contributed by atoms with Crippen molar-refractivity contribution >= 4 is 11.8 Å². The predicted molar refractivity (Wildman–Crippen MR) is 127 cm³/mol. The number of carbonyl (C=O) groups excluding carboxylic acids is 2. The predicted octanol–water partition coefficient (Wildman–Crippen LogP) is 4.39. The molecule has 1 unspecified atom stereocenters. The zero-order chi connectivity index (χ0) is 25.9. The molecule has 1 aliphatic heterocycles. The molecule has 1 aromatic heterocycles. The van der Waals surface area contributed by atoms with Crippen LogP contribution in [0.5, 0.6) is 0 Å². The van der Waals surface area contributed by atoms with E-state index >= 15 is 0 Å². The average Bonchev–Trinajstić information content (AvgIpc) is 3.54. The molecule has 1 saturated heterocycles. The molecular formula is C26H28F3N5O2. The SMILES string of the molecule is CC(C)c1ccc(C(NC(=O)[C@@H]2CCCN2C(=O)Cc2cn[nH]n2)c2ccccc2)cc1C(F)(F)F. The van der Waals surface area contributed by atoms with Crippen LogP contribution in [0.15, 0.2) is 54.7 Å². The molecule has 2 N–H and O–H groups in total. The van der Waals surface area contributed by atoms with Gasteiger partial charge in [0.2, 0.25) is 11.8 Å². The van der Waals surface area contributed by atoms with Crippen LogP contribution < -0.4 is 5.32 Å². The molecule has 7 nitrogen and oxygen atoms in total. The number of aromatic nitrogens is 3. The smallest absolute Gasteiger partial charge is 0.343 e. The molecule has 1 fully saturated rings. The van der Waals surface area contributed by atoms with Crippen molar-refractivity contribution in [2.24, 2.45) is 0 Å². The van der Waals surface area contributed by atoms with E-state index in [4.69, 9.17) is 0 Å². The lowest BCUT2D eigenvalue weighted by Crippen LogP contribution is -2.47. The topological polar surface area (TPSA) is 91.0 Å². The Kier molecular flexibility index (Phi) is 7.42. The minimum atomic E-state index is -4.53. The maximum atomic E-state index is 13.9. The fourth-order valence-corrected chi connectivity index (χ4v) is 4.65. The third-order valence-electron chi connectivity index (χ3n) is 6.43. The lowest BCUT2D eigenvalue weighted by atomic mass is 9.90. The van der Waals surface area contributed by atoms with Crippen molar-refractivity contribution in [1.29, 1.82) is 0 Å². The number of aromatic amines is 1. The van der Waals surface area contributed by atoms with Crippen molar-refractivity contribution in [2.45, 2.75) is 57.3 Å². The van der Waals surface area contributed by atoms with Gasteiger partial charge in [0, 0.05) is 6.54 Å². The van der Waals surface area contributed by atoms with Gasteiger partial charge in [0.15, 0.2) is 0 Å². The van der Waals surface area contributed by atoms with Crippen LogP contribution in [-0.4, -0.2) is 44.7 Å². The monoisotopic (exact) mass is 499 g/mol. The second kappa shape index (κ2) is 10.5. The number of nitrogens with one attached hydrogen (secondary N) is 2. The van der Waals surface area contributed by atoms with Crippen LogP contribution in [-0.2, 0) is 22.2 Å². The van der Waals surface area contributed by atoms with Crippen molar-refractivity contribution in [2.75, 3.05) is 6.54 Å². The van der Waals surface area contributed by atoms with Gasteiger partial charge < -0.3 is 10.2 Å². The van der Waals surface area contributed by atoms with Crippen LogP contribution in [0.2, 0.25) is 0 Å². The van der Waals surface area contributed by atoms with Crippen LogP contribution in [0.25, 0.3) is 0 Å². The van der Waals surface area contributed by atoms with Gasteiger partial charge in [0.1, 0.15) is 6.04 Å². The first kappa shape index (κ1) is 25.4. The van der Waals surface area contributed by atoms with E-state index in [1.165, 1.54) is 17.2 Å². The van der Waals surface area contributed by atoms with Crippen LogP contribution in [0.3, 0.4) is 0 Å². The fraction of sp³-hybridized carbons (Fsp3) is 0.385. The molecule has 2 amide bonds. The second-order valence-electron chi connectivity index (χ2n) is 9.23. The normalized spacial score (nSPS) is 16.8. The summed E-state index contributed by atoms with van der Waals surface area (Å²) < 4.78 is 41.7. The highest BCUT2D eigenvalue weighted by Crippen LogP contribution is 2.37. The number of hydrogen-bond acceptors (Lipinski definition) is 4. The number of benzene rings is 2. The lowest BCUT2D eigenvalue weighted by Gasteiger charge is -2.28. The Morgan fingerprint density at radius 2 is 1.89 bits per heavy atom. The van der Waals surface area contributed by atoms with E-state index in [2.05, 4.69) is 20.7 Å². The second-order valence-corrected chi connectivity index (χ2v) is 9.23. The zero-order valence-electron chi connectivity index (χ0n) is 20.0. The summed E-state index contributed by atoms with van der Waals surface area (Å²) in [5.41, 5.74) is 0.929. The number of hydrogen-bond donors (Lipinski definition) is 2. The first-order chi connectivity index (χ1) is 17.1. The number of H-pyrrole nitrogens is 1. The van der Waals surface area contributed by atoms with E-state index in [0.29, 0.717) is 36.2 Å². The highest BCUT2D eigenvalue weighted by molar-refractivity contribution is 5.89. The standard InChI is InChI=1S/C26H28F3N5O2/c1-16(2)20-11-10-18(13-21(20)26(27,28)29)24(17-7-4-3-5-8-17)31-25(36)22-9-6-12-34(22)23(35)14-19-15-30-33-32-19/h3-5,7-8,10-11,13,15-16,22,24H,6,9,12,14H2,1-2H3,(H,31,36)(H,30,32,33)/t22-,24?/m0/s1. The number of rotatable bonds is 7. The first-order valence-electron chi connectivity index (χ1n) is 11.9. The summed E-state index contributed by atoms with van der Waals surface area (Å²) in [6, 6.07) is 11.6. The third-order valence-corrected chi connectivity index (χ3v) is 6.43. The summed E-state index contributed by atoms with van der Waals surface area (Å²) in [5, 5.41) is 13.0. The maximum Gasteiger partial charge on any atom is 0.416 e. The van der Waals surface area contributed by atoms with Gasteiger partial charge in [-0.3, -0.25) is 9.59 Å². The number of carbonyl (C=O) groups is 2. The quantitative estimate of drug-likeness (QED) is 0.505.